The van der Waals surface area contributed by atoms with Crippen LogP contribution in [0.1, 0.15) is 25.7 Å². The van der Waals surface area contributed by atoms with Gasteiger partial charge in [-0.25, -0.2) is 0 Å². The molecule has 5 nitrogen and oxygen atoms in total. The largest absolute Gasteiger partial charge is 0.381 e. The zero-order chi connectivity index (χ0) is 15.7. The minimum atomic E-state index is 0.110. The summed E-state index contributed by atoms with van der Waals surface area (Å²) in [5.74, 6) is 2.17. The van der Waals surface area contributed by atoms with Crippen molar-refractivity contribution in [2.75, 3.05) is 51.9 Å². The maximum atomic E-state index is 12.4. The van der Waals surface area contributed by atoms with Crippen molar-refractivity contribution in [2.24, 2.45) is 11.8 Å². The van der Waals surface area contributed by atoms with E-state index in [4.69, 9.17) is 14.2 Å². The molecular formula is C17H27NO4S. The van der Waals surface area contributed by atoms with Crippen LogP contribution >= 0.6 is 11.8 Å². The highest BCUT2D eigenvalue weighted by Gasteiger charge is 2.51. The van der Waals surface area contributed by atoms with E-state index in [1.54, 1.807) is 0 Å². The van der Waals surface area contributed by atoms with Crippen LogP contribution in [0.15, 0.2) is 0 Å². The molecule has 1 spiro atoms. The predicted octanol–water partition coefficient (Wildman–Crippen LogP) is 1.55. The maximum Gasteiger partial charge on any atom is 0.228 e. The van der Waals surface area contributed by atoms with Gasteiger partial charge < -0.3 is 19.1 Å². The third-order valence-electron chi connectivity index (χ3n) is 5.63. The number of ether oxygens (including phenoxy) is 3. The van der Waals surface area contributed by atoms with Crippen molar-refractivity contribution < 1.29 is 19.0 Å². The summed E-state index contributed by atoms with van der Waals surface area (Å²) in [6, 6.07) is 0. The van der Waals surface area contributed by atoms with Crippen molar-refractivity contribution in [3.8, 4) is 0 Å². The third-order valence-corrected chi connectivity index (χ3v) is 7.21. The smallest absolute Gasteiger partial charge is 0.228 e. The first-order valence-electron chi connectivity index (χ1n) is 8.94. The fourth-order valence-corrected chi connectivity index (χ4v) is 5.66. The number of thioether (sulfide) groups is 1. The Labute approximate surface area is 142 Å². The average Bonchev–Trinajstić information content (AvgIpc) is 3.22. The summed E-state index contributed by atoms with van der Waals surface area (Å²) in [4.78, 5) is 14.4. The van der Waals surface area contributed by atoms with E-state index >= 15 is 0 Å². The van der Waals surface area contributed by atoms with E-state index < -0.39 is 0 Å². The lowest BCUT2D eigenvalue weighted by Crippen LogP contribution is -2.62. The molecule has 0 unspecified atom stereocenters. The molecule has 4 aliphatic rings. The molecule has 23 heavy (non-hydrogen) atoms. The number of hydrogen-bond donors (Lipinski definition) is 0. The SMILES string of the molecule is O=C([C@@H]1CCOC1)N1CC2(C[C@@H](OCC3CCOCC3)CS2)C1. The summed E-state index contributed by atoms with van der Waals surface area (Å²) in [5, 5.41) is 0. The van der Waals surface area contributed by atoms with Crippen molar-refractivity contribution in [1.82, 2.24) is 4.90 Å². The Hall–Kier alpha value is -0.300. The first-order valence-corrected chi connectivity index (χ1v) is 9.92. The van der Waals surface area contributed by atoms with Crippen LogP contribution in [0.4, 0.5) is 0 Å². The topological polar surface area (TPSA) is 48.0 Å². The van der Waals surface area contributed by atoms with E-state index in [1.165, 1.54) is 0 Å². The number of likely N-dealkylation sites (tertiary alicyclic amines) is 1. The van der Waals surface area contributed by atoms with Gasteiger partial charge in [0.1, 0.15) is 0 Å². The first kappa shape index (κ1) is 16.2. The van der Waals surface area contributed by atoms with Crippen LogP contribution in [0.25, 0.3) is 0 Å². The van der Waals surface area contributed by atoms with Crippen LogP contribution in [-0.4, -0.2) is 73.5 Å². The standard InChI is InChI=1S/C17H27NO4S/c19-16(14-3-6-21-9-14)18-11-17(12-18)7-15(10-23-17)22-8-13-1-4-20-5-2-13/h13-15H,1-12H2/t14-,15-/m1/s1. The highest BCUT2D eigenvalue weighted by molar-refractivity contribution is 8.01. The number of carbonyl (C=O) groups is 1. The van der Waals surface area contributed by atoms with Crippen molar-refractivity contribution in [3.63, 3.8) is 0 Å². The second kappa shape index (κ2) is 6.90. The zero-order valence-electron chi connectivity index (χ0n) is 13.7. The van der Waals surface area contributed by atoms with Crippen molar-refractivity contribution in [3.05, 3.63) is 0 Å². The lowest BCUT2D eigenvalue weighted by Gasteiger charge is -2.48. The molecule has 0 N–H and O–H groups in total. The fourth-order valence-electron chi connectivity index (χ4n) is 4.11. The summed E-state index contributed by atoms with van der Waals surface area (Å²) in [6.45, 7) is 5.83. The Balaban J connectivity index is 1.19. The maximum absolute atomic E-state index is 12.4. The fraction of sp³-hybridized carbons (Fsp3) is 0.941. The number of carbonyl (C=O) groups excluding carboxylic acids is 1. The summed E-state index contributed by atoms with van der Waals surface area (Å²) in [7, 11) is 0. The second-order valence-corrected chi connectivity index (χ2v) is 8.95. The summed E-state index contributed by atoms with van der Waals surface area (Å²) >= 11 is 2.02. The molecule has 4 aliphatic heterocycles. The molecule has 4 heterocycles. The molecule has 4 fully saturated rings. The van der Waals surface area contributed by atoms with Gasteiger partial charge in [-0.05, 0) is 31.6 Å². The average molecular weight is 341 g/mol. The summed E-state index contributed by atoms with van der Waals surface area (Å²) < 4.78 is 17.2. The van der Waals surface area contributed by atoms with Gasteiger partial charge in [0.2, 0.25) is 5.91 Å². The van der Waals surface area contributed by atoms with E-state index in [-0.39, 0.29) is 10.7 Å². The molecule has 1 amide bonds. The monoisotopic (exact) mass is 341 g/mol. The molecule has 0 aromatic heterocycles. The van der Waals surface area contributed by atoms with Gasteiger partial charge in [-0.15, -0.1) is 11.8 Å². The number of nitrogens with zero attached hydrogens (tertiary/aromatic N) is 1. The van der Waals surface area contributed by atoms with Gasteiger partial charge in [0.15, 0.2) is 0 Å². The van der Waals surface area contributed by atoms with Gasteiger partial charge >= 0.3 is 0 Å². The van der Waals surface area contributed by atoms with Crippen LogP contribution in [0.2, 0.25) is 0 Å². The molecular weight excluding hydrogens is 314 g/mol. The predicted molar refractivity (Wildman–Crippen MR) is 88.6 cm³/mol. The quantitative estimate of drug-likeness (QED) is 0.776. The van der Waals surface area contributed by atoms with E-state index in [9.17, 15) is 4.79 Å². The van der Waals surface area contributed by atoms with Crippen LogP contribution in [-0.2, 0) is 19.0 Å². The molecule has 130 valence electrons. The summed E-state index contributed by atoms with van der Waals surface area (Å²) in [5.41, 5.74) is 0. The Morgan fingerprint density at radius 3 is 2.70 bits per heavy atom. The van der Waals surface area contributed by atoms with Crippen molar-refractivity contribution in [1.29, 1.82) is 0 Å². The normalized spacial score (nSPS) is 34.0. The zero-order valence-corrected chi connectivity index (χ0v) is 14.5. The molecule has 0 radical (unpaired) electrons. The van der Waals surface area contributed by atoms with E-state index in [0.717, 1.165) is 71.0 Å². The Morgan fingerprint density at radius 1 is 1.17 bits per heavy atom. The van der Waals surface area contributed by atoms with Gasteiger partial charge in [-0.3, -0.25) is 4.79 Å². The van der Waals surface area contributed by atoms with Gasteiger partial charge in [-0.2, -0.15) is 0 Å². The lowest BCUT2D eigenvalue weighted by atomic mass is 9.91. The Morgan fingerprint density at radius 2 is 1.96 bits per heavy atom. The number of amides is 1. The van der Waals surface area contributed by atoms with Gasteiger partial charge in [0.05, 0.1) is 23.4 Å². The lowest BCUT2D eigenvalue weighted by molar-refractivity contribution is -0.141. The van der Waals surface area contributed by atoms with Crippen LogP contribution in [0.5, 0.6) is 0 Å². The molecule has 0 saturated carbocycles. The Kier molecular flexibility index (Phi) is 4.86. The van der Waals surface area contributed by atoms with Gasteiger partial charge in [-0.1, -0.05) is 0 Å². The molecule has 6 heteroatoms. The molecule has 0 aromatic rings. The van der Waals surface area contributed by atoms with Crippen LogP contribution in [0, 0.1) is 11.8 Å². The minimum absolute atomic E-state index is 0.110. The Bertz CT molecular complexity index is 428. The molecule has 0 aliphatic carbocycles. The molecule has 4 saturated heterocycles. The molecule has 0 aromatic carbocycles. The van der Waals surface area contributed by atoms with E-state index in [1.807, 2.05) is 16.7 Å². The molecule has 2 atom stereocenters. The first-order chi connectivity index (χ1) is 11.2. The van der Waals surface area contributed by atoms with Crippen molar-refractivity contribution >= 4 is 17.7 Å². The van der Waals surface area contributed by atoms with Gasteiger partial charge in [0, 0.05) is 45.3 Å². The number of rotatable bonds is 4. The van der Waals surface area contributed by atoms with Gasteiger partial charge in [0.25, 0.3) is 0 Å². The van der Waals surface area contributed by atoms with Crippen LogP contribution < -0.4 is 0 Å². The second-order valence-electron chi connectivity index (χ2n) is 7.46. The molecule has 0 bridgehead atoms. The van der Waals surface area contributed by atoms with E-state index in [2.05, 4.69) is 0 Å². The highest BCUT2D eigenvalue weighted by atomic mass is 32.2. The molecule has 4 rings (SSSR count). The summed E-state index contributed by atoms with van der Waals surface area (Å²) in [6.07, 6.45) is 4.64. The third kappa shape index (κ3) is 3.55. The van der Waals surface area contributed by atoms with E-state index in [0.29, 0.717) is 24.5 Å². The highest BCUT2D eigenvalue weighted by Crippen LogP contribution is 2.46. The number of hydrogen-bond acceptors (Lipinski definition) is 5. The minimum Gasteiger partial charge on any atom is -0.381 e. The van der Waals surface area contributed by atoms with Crippen molar-refractivity contribution in [2.45, 2.75) is 36.5 Å². The van der Waals surface area contributed by atoms with Crippen LogP contribution in [0.3, 0.4) is 0 Å².